The van der Waals surface area contributed by atoms with E-state index in [-0.39, 0.29) is 11.6 Å². The van der Waals surface area contributed by atoms with Crippen molar-refractivity contribution in [2.24, 2.45) is 0 Å². The van der Waals surface area contributed by atoms with Crippen LogP contribution < -0.4 is 10.1 Å². The number of benzene rings is 3. The highest BCUT2D eigenvalue weighted by molar-refractivity contribution is 9.10. The van der Waals surface area contributed by atoms with Gasteiger partial charge in [-0.25, -0.2) is 0 Å². The average molecular weight is 413 g/mol. The van der Waals surface area contributed by atoms with Gasteiger partial charge in [0.25, 0.3) is 11.6 Å². The summed E-state index contributed by atoms with van der Waals surface area (Å²) < 4.78 is 6.46. The minimum Gasteiger partial charge on any atom is -0.457 e. The van der Waals surface area contributed by atoms with Gasteiger partial charge in [-0.15, -0.1) is 0 Å². The lowest BCUT2D eigenvalue weighted by atomic mass is 10.2. The molecule has 0 fully saturated rings. The number of halogens is 1. The van der Waals surface area contributed by atoms with Gasteiger partial charge < -0.3 is 10.1 Å². The van der Waals surface area contributed by atoms with E-state index in [0.717, 1.165) is 4.47 Å². The second-order valence-electron chi connectivity index (χ2n) is 5.34. The van der Waals surface area contributed by atoms with Crippen LogP contribution in [-0.4, -0.2) is 10.8 Å². The van der Waals surface area contributed by atoms with E-state index in [1.165, 1.54) is 24.3 Å². The summed E-state index contributed by atoms with van der Waals surface area (Å²) in [5.74, 6) is 0.830. The molecule has 0 bridgehead atoms. The Bertz CT molecular complexity index is 941. The maximum atomic E-state index is 12.2. The molecule has 7 heteroatoms. The van der Waals surface area contributed by atoms with Crippen molar-refractivity contribution < 1.29 is 14.5 Å². The molecule has 0 radical (unpaired) electrons. The lowest BCUT2D eigenvalue weighted by molar-refractivity contribution is -0.384. The van der Waals surface area contributed by atoms with Crippen molar-refractivity contribution in [1.29, 1.82) is 0 Å². The third-order valence-electron chi connectivity index (χ3n) is 3.48. The molecule has 3 aromatic carbocycles. The van der Waals surface area contributed by atoms with Crippen LogP contribution >= 0.6 is 15.9 Å². The van der Waals surface area contributed by atoms with Gasteiger partial charge in [-0.05, 0) is 54.6 Å². The minimum atomic E-state index is -0.466. The molecule has 0 heterocycles. The number of nitro benzene ring substituents is 1. The maximum absolute atomic E-state index is 12.2. The molecule has 0 aromatic heterocycles. The van der Waals surface area contributed by atoms with Gasteiger partial charge in [0.1, 0.15) is 11.5 Å². The van der Waals surface area contributed by atoms with E-state index in [4.69, 9.17) is 4.74 Å². The molecular formula is C19H13BrN2O4. The van der Waals surface area contributed by atoms with Crippen molar-refractivity contribution >= 4 is 33.2 Å². The Labute approximate surface area is 157 Å². The van der Waals surface area contributed by atoms with Gasteiger partial charge in [-0.1, -0.05) is 22.0 Å². The van der Waals surface area contributed by atoms with E-state index in [1.807, 2.05) is 6.07 Å². The molecule has 6 nitrogen and oxygen atoms in total. The number of carbonyl (C=O) groups is 1. The molecule has 0 aliphatic rings. The zero-order chi connectivity index (χ0) is 18.5. The van der Waals surface area contributed by atoms with Crippen LogP contribution in [0.25, 0.3) is 0 Å². The first-order chi connectivity index (χ1) is 12.5. The second kappa shape index (κ2) is 7.79. The SMILES string of the molecule is O=C(Nc1ccc(Oc2ccc([N+](=O)[O-])cc2)cc1)c1cccc(Br)c1. The summed E-state index contributed by atoms with van der Waals surface area (Å²) in [7, 11) is 0. The molecule has 130 valence electrons. The fourth-order valence-electron chi connectivity index (χ4n) is 2.21. The van der Waals surface area contributed by atoms with Gasteiger partial charge in [0, 0.05) is 27.9 Å². The number of nitrogens with zero attached hydrogens (tertiary/aromatic N) is 1. The summed E-state index contributed by atoms with van der Waals surface area (Å²) >= 11 is 3.34. The van der Waals surface area contributed by atoms with Crippen molar-refractivity contribution in [2.45, 2.75) is 0 Å². The highest BCUT2D eigenvalue weighted by Gasteiger charge is 2.08. The Morgan fingerprint density at radius 1 is 0.962 bits per heavy atom. The number of nitrogens with one attached hydrogen (secondary N) is 1. The highest BCUT2D eigenvalue weighted by Crippen LogP contribution is 2.25. The number of carbonyl (C=O) groups excluding carboxylic acids is 1. The molecule has 0 aliphatic heterocycles. The monoisotopic (exact) mass is 412 g/mol. The first-order valence-corrected chi connectivity index (χ1v) is 8.40. The van der Waals surface area contributed by atoms with Crippen molar-refractivity contribution in [3.63, 3.8) is 0 Å². The van der Waals surface area contributed by atoms with E-state index in [0.29, 0.717) is 22.7 Å². The summed E-state index contributed by atoms with van der Waals surface area (Å²) in [5, 5.41) is 13.5. The van der Waals surface area contributed by atoms with E-state index in [9.17, 15) is 14.9 Å². The van der Waals surface area contributed by atoms with Crippen LogP contribution in [0.15, 0.2) is 77.3 Å². The van der Waals surface area contributed by atoms with Gasteiger partial charge in [0.2, 0.25) is 0 Å². The Morgan fingerprint density at radius 3 is 2.15 bits per heavy atom. The molecule has 3 rings (SSSR count). The number of anilines is 1. The summed E-state index contributed by atoms with van der Waals surface area (Å²) in [6.45, 7) is 0. The molecule has 0 atom stereocenters. The van der Waals surface area contributed by atoms with E-state index in [2.05, 4.69) is 21.2 Å². The molecule has 3 aromatic rings. The highest BCUT2D eigenvalue weighted by atomic mass is 79.9. The Morgan fingerprint density at radius 2 is 1.58 bits per heavy atom. The Hall–Kier alpha value is -3.19. The van der Waals surface area contributed by atoms with Crippen LogP contribution in [0.4, 0.5) is 11.4 Å². The topological polar surface area (TPSA) is 81.5 Å². The average Bonchev–Trinajstić information content (AvgIpc) is 2.64. The largest absolute Gasteiger partial charge is 0.457 e. The van der Waals surface area contributed by atoms with Crippen molar-refractivity contribution in [2.75, 3.05) is 5.32 Å². The third-order valence-corrected chi connectivity index (χ3v) is 3.98. The zero-order valence-electron chi connectivity index (χ0n) is 13.4. The van der Waals surface area contributed by atoms with Crippen LogP contribution in [0.5, 0.6) is 11.5 Å². The van der Waals surface area contributed by atoms with Crippen LogP contribution in [0, 0.1) is 10.1 Å². The lowest BCUT2D eigenvalue weighted by Gasteiger charge is -2.08. The van der Waals surface area contributed by atoms with E-state index < -0.39 is 4.92 Å². The molecular weight excluding hydrogens is 400 g/mol. The Balaban J connectivity index is 1.64. The molecule has 26 heavy (non-hydrogen) atoms. The summed E-state index contributed by atoms with van der Waals surface area (Å²) in [6, 6.07) is 19.8. The smallest absolute Gasteiger partial charge is 0.269 e. The predicted octanol–water partition coefficient (Wildman–Crippen LogP) is 5.40. The second-order valence-corrected chi connectivity index (χ2v) is 6.26. The zero-order valence-corrected chi connectivity index (χ0v) is 15.0. The van der Waals surface area contributed by atoms with Gasteiger partial charge in [0.15, 0.2) is 0 Å². The molecule has 0 saturated heterocycles. The Kier molecular flexibility index (Phi) is 5.28. The fraction of sp³-hybridized carbons (Fsp3) is 0. The van der Waals surface area contributed by atoms with Crippen LogP contribution in [-0.2, 0) is 0 Å². The molecule has 0 unspecified atom stereocenters. The molecule has 0 saturated carbocycles. The van der Waals surface area contributed by atoms with Crippen molar-refractivity contribution in [3.8, 4) is 11.5 Å². The van der Waals surface area contributed by atoms with Crippen LogP contribution in [0.2, 0.25) is 0 Å². The molecule has 0 aliphatic carbocycles. The predicted molar refractivity (Wildman–Crippen MR) is 102 cm³/mol. The van der Waals surface area contributed by atoms with Crippen molar-refractivity contribution in [1.82, 2.24) is 0 Å². The molecule has 0 spiro atoms. The summed E-state index contributed by atoms with van der Waals surface area (Å²) in [5.41, 5.74) is 1.18. The normalized spacial score (nSPS) is 10.2. The summed E-state index contributed by atoms with van der Waals surface area (Å²) in [6.07, 6.45) is 0. The number of rotatable bonds is 5. The van der Waals surface area contributed by atoms with Gasteiger partial charge in [-0.3, -0.25) is 14.9 Å². The number of nitro groups is 1. The molecule has 1 amide bonds. The third kappa shape index (κ3) is 4.46. The number of non-ortho nitro benzene ring substituents is 1. The standard InChI is InChI=1S/C19H13BrN2O4/c20-14-3-1-2-13(12-14)19(23)21-15-4-8-17(9-5-15)26-18-10-6-16(7-11-18)22(24)25/h1-12H,(H,21,23). The molecule has 1 N–H and O–H groups in total. The van der Waals surface area contributed by atoms with Crippen molar-refractivity contribution in [3.05, 3.63) is 92.9 Å². The fourth-order valence-corrected chi connectivity index (χ4v) is 2.61. The van der Waals surface area contributed by atoms with Crippen LogP contribution in [0.1, 0.15) is 10.4 Å². The van der Waals surface area contributed by atoms with Crippen LogP contribution in [0.3, 0.4) is 0 Å². The lowest BCUT2D eigenvalue weighted by Crippen LogP contribution is -2.11. The summed E-state index contributed by atoms with van der Waals surface area (Å²) in [4.78, 5) is 22.4. The van der Waals surface area contributed by atoms with E-state index in [1.54, 1.807) is 42.5 Å². The minimum absolute atomic E-state index is 0.00274. The maximum Gasteiger partial charge on any atom is 0.269 e. The number of hydrogen-bond donors (Lipinski definition) is 1. The van der Waals surface area contributed by atoms with Gasteiger partial charge in [0.05, 0.1) is 4.92 Å². The number of ether oxygens (including phenoxy) is 1. The quantitative estimate of drug-likeness (QED) is 0.449. The van der Waals surface area contributed by atoms with E-state index >= 15 is 0 Å². The first kappa shape index (κ1) is 17.6. The first-order valence-electron chi connectivity index (χ1n) is 7.60. The number of amides is 1. The van der Waals surface area contributed by atoms with Gasteiger partial charge in [-0.2, -0.15) is 0 Å². The number of hydrogen-bond acceptors (Lipinski definition) is 4. The van der Waals surface area contributed by atoms with Gasteiger partial charge >= 0.3 is 0 Å².